The fraction of sp³-hybridized carbons (Fsp3) is 0.912. The Kier molecular flexibility index (Phi) is 24.4. The van der Waals surface area contributed by atoms with Gasteiger partial charge in [0, 0.05) is 45.3 Å². The van der Waals surface area contributed by atoms with Gasteiger partial charge in [-0.1, -0.05) is 44.9 Å². The van der Waals surface area contributed by atoms with E-state index in [1.54, 1.807) is 0 Å². The van der Waals surface area contributed by atoms with Crippen LogP contribution in [0.15, 0.2) is 23.8 Å². The van der Waals surface area contributed by atoms with Gasteiger partial charge in [0.15, 0.2) is 37.7 Å². The van der Waals surface area contributed by atoms with Gasteiger partial charge in [0.2, 0.25) is 0 Å². The Morgan fingerprint density at radius 3 is 1.49 bits per heavy atom. The summed E-state index contributed by atoms with van der Waals surface area (Å²) in [6.07, 6.45) is -41.2. The predicted molar refractivity (Wildman–Crippen MR) is 337 cm³/mol. The molecule has 17 unspecified atom stereocenters. The van der Waals surface area contributed by atoms with Gasteiger partial charge < -0.3 is 152 Å². The van der Waals surface area contributed by atoms with Gasteiger partial charge in [-0.15, -0.1) is 6.58 Å². The van der Waals surface area contributed by atoms with Crippen molar-refractivity contribution in [2.24, 2.45) is 39.4 Å². The number of hydrogen-bond donors (Lipinski definition) is 15. The lowest BCUT2D eigenvalue weighted by atomic mass is 9.41. The zero-order chi connectivity index (χ0) is 73.5. The Bertz CT molecular complexity index is 2860. The summed E-state index contributed by atoms with van der Waals surface area (Å²) in [5.41, 5.74) is -1.12. The summed E-state index contributed by atoms with van der Waals surface area (Å²) in [5, 5.41) is 167. The molecule has 15 N–H and O–H groups in total. The van der Waals surface area contributed by atoms with Gasteiger partial charge >= 0.3 is 11.9 Å². The van der Waals surface area contributed by atoms with E-state index in [-0.39, 0.29) is 29.1 Å². The van der Waals surface area contributed by atoms with Gasteiger partial charge in [0.1, 0.15) is 146 Å². The van der Waals surface area contributed by atoms with Crippen LogP contribution in [0.3, 0.4) is 0 Å². The summed E-state index contributed by atoms with van der Waals surface area (Å²) in [6.45, 7) is 13.6. The molecule has 101 heavy (non-hydrogen) atoms. The van der Waals surface area contributed by atoms with Gasteiger partial charge in [0.25, 0.3) is 0 Å². The maximum absolute atomic E-state index is 14.8. The highest BCUT2D eigenvalue weighted by Crippen LogP contribution is 2.76. The van der Waals surface area contributed by atoms with Crippen LogP contribution in [0.2, 0.25) is 0 Å². The van der Waals surface area contributed by atoms with Crippen LogP contribution in [0.25, 0.3) is 0 Å². The lowest BCUT2D eigenvalue weighted by molar-refractivity contribution is -0.392. The fourth-order valence-corrected chi connectivity index (χ4v) is 19.4. The molecule has 3 saturated carbocycles. The molecule has 7 heterocycles. The van der Waals surface area contributed by atoms with Crippen LogP contribution in [-0.2, 0) is 85.4 Å². The minimum absolute atomic E-state index is 0.0355. The third kappa shape index (κ3) is 14.2. The van der Waals surface area contributed by atoms with E-state index in [1.165, 1.54) is 26.7 Å². The molecule has 1 spiro atoms. The number of allylic oxidation sites excluding steroid dienone is 2. The maximum Gasteiger partial charge on any atom is 0.313 e. The van der Waals surface area contributed by atoms with E-state index in [2.05, 4.69) is 40.3 Å². The number of carbonyl (C=O) groups is 2. The largest absolute Gasteiger partial charge is 0.462 e. The molecule has 7 aliphatic heterocycles. The maximum atomic E-state index is 14.8. The van der Waals surface area contributed by atoms with Crippen molar-refractivity contribution in [3.05, 3.63) is 23.8 Å². The second-order valence-corrected chi connectivity index (χ2v) is 31.0. The second-order valence-electron chi connectivity index (χ2n) is 31.0. The average Bonchev–Trinajstić information content (AvgIpc) is 1.53. The number of rotatable bonds is 23. The number of methoxy groups -OCH3 is 2. The van der Waals surface area contributed by atoms with E-state index < -0.39 is 252 Å². The van der Waals surface area contributed by atoms with Gasteiger partial charge in [0.05, 0.1) is 51.2 Å². The highest BCUT2D eigenvalue weighted by Gasteiger charge is 2.77. The molecule has 0 aromatic rings. The molecule has 0 aromatic carbocycles. The fourth-order valence-electron chi connectivity index (χ4n) is 19.4. The molecule has 33 nitrogen and oxygen atoms in total. The van der Waals surface area contributed by atoms with E-state index in [1.807, 2.05) is 13.8 Å². The Hall–Kier alpha value is -2.74. The first-order chi connectivity index (χ1) is 47.7. The molecule has 11 aliphatic rings. The Labute approximate surface area is 585 Å². The molecule has 4 aliphatic carbocycles. The number of fused-ring (bicyclic) bond motifs is 4. The van der Waals surface area contributed by atoms with Crippen molar-refractivity contribution < 1.29 is 162 Å². The van der Waals surface area contributed by atoms with Crippen molar-refractivity contribution in [1.82, 2.24) is 0 Å². The lowest BCUT2D eigenvalue weighted by Gasteiger charge is -2.64. The average molecular weight is 1450 g/mol. The van der Waals surface area contributed by atoms with Gasteiger partial charge in [-0.3, -0.25) is 9.59 Å². The summed E-state index contributed by atoms with van der Waals surface area (Å²) in [4.78, 5) is 27.1. The highest BCUT2D eigenvalue weighted by molar-refractivity contribution is 5.83. The first kappa shape index (κ1) is 79.3. The zero-order valence-electron chi connectivity index (χ0n) is 58.5. The third-order valence-corrected chi connectivity index (χ3v) is 24.6. The van der Waals surface area contributed by atoms with Crippen molar-refractivity contribution >= 4 is 11.9 Å². The highest BCUT2D eigenvalue weighted by atomic mass is 16.8. The van der Waals surface area contributed by atoms with E-state index >= 15 is 0 Å². The minimum Gasteiger partial charge on any atom is -0.462 e. The molecule has 0 amide bonds. The van der Waals surface area contributed by atoms with E-state index in [9.17, 15) is 86.2 Å². The van der Waals surface area contributed by atoms with Crippen LogP contribution in [0.4, 0.5) is 0 Å². The van der Waals surface area contributed by atoms with Gasteiger partial charge in [-0.2, -0.15) is 0 Å². The van der Waals surface area contributed by atoms with Gasteiger partial charge in [-0.05, 0) is 81.5 Å². The lowest BCUT2D eigenvalue weighted by Crippen LogP contribution is -2.67. The van der Waals surface area contributed by atoms with Crippen molar-refractivity contribution in [2.75, 3.05) is 53.9 Å². The van der Waals surface area contributed by atoms with Crippen LogP contribution in [0.1, 0.15) is 106 Å². The molecule has 0 bridgehead atoms. The number of aliphatic hydroxyl groups is 15. The normalized spacial score (nSPS) is 50.8. The number of aliphatic hydroxyl groups excluding tert-OH is 15. The van der Waals surface area contributed by atoms with E-state index in [0.29, 0.717) is 44.9 Å². The molecular weight excluding hydrogens is 1340 g/mol. The first-order valence-corrected chi connectivity index (χ1v) is 35.2. The molecule has 37 atom stereocenters. The summed E-state index contributed by atoms with van der Waals surface area (Å²) < 4.78 is 95.6. The molecule has 578 valence electrons. The molecular formula is C68H108O33. The number of carbonyl (C=O) groups excluding carboxylic acids is 2. The van der Waals surface area contributed by atoms with Crippen LogP contribution >= 0.6 is 0 Å². The van der Waals surface area contributed by atoms with Crippen LogP contribution in [-0.4, -0.2) is 332 Å². The monoisotopic (exact) mass is 1450 g/mol. The van der Waals surface area contributed by atoms with Crippen molar-refractivity contribution in [1.29, 1.82) is 0 Å². The van der Waals surface area contributed by atoms with Gasteiger partial charge in [-0.25, -0.2) is 0 Å². The van der Waals surface area contributed by atoms with Crippen molar-refractivity contribution in [3.8, 4) is 0 Å². The summed E-state index contributed by atoms with van der Waals surface area (Å²) in [5.74, 6) is -0.743. The number of cyclic esters (lactones) is 1. The number of hydrogen-bond acceptors (Lipinski definition) is 33. The molecule has 7 saturated heterocycles. The smallest absolute Gasteiger partial charge is 0.313 e. The molecule has 0 radical (unpaired) electrons. The standard InChI is InChI=1S/C68H108O33/c1-27(2)19-29(90-28(3)73)20-67(8)39-14-17-66(7)31-11-12-38-64(4,5)40(15-16-65(38,6)30(31)13-18-68(39,66)63(85)101-67)97-62-56(46(79)37(26-89-62)96-59-51(84)55(45(78)35(24-72)92-59)99-61-49(82)53(87-10)43(76)33(22-70)94-61)100-57-47(80)41(74)36(25-88-57)95-58-50(83)54(44(77)34(23-71)91-58)98-60-48(81)52(86-9)42(75)32(21-69)93-60/h11,29-30,32-62,69-72,74-84H,1,12-26H2,2-10H3/t29-,30+,32?,33?,34?,35?,36+,37+,38-,39+,40-,41?,42+,43+,44+,45+,46?,47?,48?,49?,50?,51?,52?,53?,54?,55?,56?,57-,58-,59-,60-,61-,62-,65+,66-,67-,68?/m0/s1. The molecule has 11 rings (SSSR count). The Morgan fingerprint density at radius 1 is 0.535 bits per heavy atom. The van der Waals surface area contributed by atoms with Crippen LogP contribution < -0.4 is 0 Å². The first-order valence-electron chi connectivity index (χ1n) is 35.2. The Balaban J connectivity index is 0.827. The SMILES string of the molecule is C=C(C)C[C@@H](C[C@]1(C)OC(=O)C23CC[C@@H]4C(=CC[C@H]5C(C)(C)[C@@H](O[C@@H]6OC[C@@H](O[C@@H]7OC(CO)[C@@H](O)C(O[C@@H]8OC(CO)[C@@H](O)C(OC)C8O)C7O)C(O)C6O[C@@H]6OC[C@@H](O[C@@H]7OC(CO)[C@@H](O)C(O[C@@H]8OC(CO)[C@@H](O)C(OC)C8O)C7O)C(O)C6O)CC[C@]45C)[C@]2(C)CC[C@@H]31)OC(C)=O. The summed E-state index contributed by atoms with van der Waals surface area (Å²) in [7, 11) is 2.36. The predicted octanol–water partition coefficient (Wildman–Crippen LogP) is -3.93. The summed E-state index contributed by atoms with van der Waals surface area (Å²) in [6, 6.07) is 0. The zero-order valence-corrected chi connectivity index (χ0v) is 58.5. The third-order valence-electron chi connectivity index (χ3n) is 24.6. The topological polar surface area (TPSA) is 485 Å². The van der Waals surface area contributed by atoms with Crippen molar-refractivity contribution in [3.63, 3.8) is 0 Å². The van der Waals surface area contributed by atoms with Crippen LogP contribution in [0, 0.1) is 39.4 Å². The van der Waals surface area contributed by atoms with Crippen molar-refractivity contribution in [2.45, 2.75) is 296 Å². The number of ether oxygens (including phenoxy) is 16. The minimum atomic E-state index is -2.07. The van der Waals surface area contributed by atoms with E-state index in [0.717, 1.165) is 18.4 Å². The van der Waals surface area contributed by atoms with E-state index in [4.69, 9.17) is 75.8 Å². The molecule has 0 aromatic heterocycles. The molecule has 33 heteroatoms. The quantitative estimate of drug-likeness (QED) is 0.0343. The van der Waals surface area contributed by atoms with Crippen LogP contribution in [0.5, 0.6) is 0 Å². The summed E-state index contributed by atoms with van der Waals surface area (Å²) >= 11 is 0. The second kappa shape index (κ2) is 31.1. The number of esters is 2. The molecule has 10 fully saturated rings. The Morgan fingerprint density at radius 2 is 1.00 bits per heavy atom.